The topological polar surface area (TPSA) is 57.6 Å². The summed E-state index contributed by atoms with van der Waals surface area (Å²) in [6, 6.07) is 21.2. The van der Waals surface area contributed by atoms with Crippen molar-refractivity contribution in [3.8, 4) is 0 Å². The fourth-order valence-corrected chi connectivity index (χ4v) is 3.86. The SMILES string of the molecule is O=C(C1=C(O)C(=O)N(c2ccccc2)[C@H]1c1ccccc1)c1cccs1. The molecule has 5 heteroatoms. The smallest absolute Gasteiger partial charge is 0.294 e. The maximum absolute atomic E-state index is 13.0. The van der Waals surface area contributed by atoms with Crippen LogP contribution in [0.25, 0.3) is 0 Å². The molecule has 1 amide bonds. The Bertz CT molecular complexity index is 979. The predicted molar refractivity (Wildman–Crippen MR) is 101 cm³/mol. The van der Waals surface area contributed by atoms with Gasteiger partial charge in [0.05, 0.1) is 16.5 Å². The molecule has 0 bridgehead atoms. The van der Waals surface area contributed by atoms with Crippen LogP contribution in [0.3, 0.4) is 0 Å². The lowest BCUT2D eigenvalue weighted by Crippen LogP contribution is -2.30. The van der Waals surface area contributed by atoms with E-state index in [0.717, 1.165) is 5.56 Å². The van der Waals surface area contributed by atoms with Gasteiger partial charge in [-0.3, -0.25) is 14.5 Å². The Kier molecular flexibility index (Phi) is 4.14. The molecular weight excluding hydrogens is 346 g/mol. The first-order chi connectivity index (χ1) is 12.7. The van der Waals surface area contributed by atoms with E-state index in [1.165, 1.54) is 16.2 Å². The molecule has 1 atom stereocenters. The first-order valence-corrected chi connectivity index (χ1v) is 9.01. The van der Waals surface area contributed by atoms with Crippen LogP contribution in [-0.4, -0.2) is 16.8 Å². The summed E-state index contributed by atoms with van der Waals surface area (Å²) >= 11 is 1.29. The molecule has 1 aromatic heterocycles. The summed E-state index contributed by atoms with van der Waals surface area (Å²) in [5, 5.41) is 12.4. The molecule has 2 heterocycles. The average Bonchev–Trinajstić information content (AvgIpc) is 3.31. The Morgan fingerprint density at radius 2 is 1.58 bits per heavy atom. The monoisotopic (exact) mass is 361 g/mol. The zero-order valence-electron chi connectivity index (χ0n) is 13.7. The number of carbonyl (C=O) groups excluding carboxylic acids is 2. The van der Waals surface area contributed by atoms with Crippen molar-refractivity contribution in [2.45, 2.75) is 6.04 Å². The van der Waals surface area contributed by atoms with E-state index >= 15 is 0 Å². The molecule has 1 N–H and O–H groups in total. The minimum absolute atomic E-state index is 0.118. The molecule has 0 saturated carbocycles. The summed E-state index contributed by atoms with van der Waals surface area (Å²) < 4.78 is 0. The van der Waals surface area contributed by atoms with Crippen molar-refractivity contribution in [1.82, 2.24) is 0 Å². The fraction of sp³-hybridized carbons (Fsp3) is 0.0476. The third kappa shape index (κ3) is 2.62. The lowest BCUT2D eigenvalue weighted by atomic mass is 9.95. The van der Waals surface area contributed by atoms with Crippen LogP contribution in [0.5, 0.6) is 0 Å². The van der Waals surface area contributed by atoms with Crippen molar-refractivity contribution in [2.75, 3.05) is 4.90 Å². The molecule has 0 spiro atoms. The van der Waals surface area contributed by atoms with Crippen molar-refractivity contribution in [1.29, 1.82) is 0 Å². The van der Waals surface area contributed by atoms with E-state index in [9.17, 15) is 14.7 Å². The van der Waals surface area contributed by atoms with Crippen LogP contribution in [0.4, 0.5) is 5.69 Å². The first kappa shape index (κ1) is 16.3. The van der Waals surface area contributed by atoms with Crippen LogP contribution in [-0.2, 0) is 4.79 Å². The summed E-state index contributed by atoms with van der Waals surface area (Å²) in [7, 11) is 0. The highest BCUT2D eigenvalue weighted by atomic mass is 32.1. The Balaban J connectivity index is 1.88. The molecule has 128 valence electrons. The van der Waals surface area contributed by atoms with E-state index in [1.54, 1.807) is 29.6 Å². The van der Waals surface area contributed by atoms with Gasteiger partial charge >= 0.3 is 0 Å². The molecule has 0 saturated heterocycles. The molecule has 2 aromatic carbocycles. The van der Waals surface area contributed by atoms with Crippen LogP contribution in [0.15, 0.2) is 89.5 Å². The van der Waals surface area contributed by atoms with Crippen LogP contribution in [0, 0.1) is 0 Å². The normalized spacial score (nSPS) is 17.0. The number of rotatable bonds is 4. The van der Waals surface area contributed by atoms with Gasteiger partial charge in [-0.15, -0.1) is 11.3 Å². The molecular formula is C21H15NO3S. The molecule has 4 nitrogen and oxygen atoms in total. The van der Waals surface area contributed by atoms with Crippen molar-refractivity contribution in [2.24, 2.45) is 0 Å². The Morgan fingerprint density at radius 1 is 0.923 bits per heavy atom. The van der Waals surface area contributed by atoms with Gasteiger partial charge in [0.15, 0.2) is 5.76 Å². The first-order valence-electron chi connectivity index (χ1n) is 8.13. The second-order valence-electron chi connectivity index (χ2n) is 5.89. The fourth-order valence-electron chi connectivity index (χ4n) is 3.18. The zero-order chi connectivity index (χ0) is 18.1. The number of amides is 1. The van der Waals surface area contributed by atoms with Gasteiger partial charge in [0, 0.05) is 5.69 Å². The maximum Gasteiger partial charge on any atom is 0.294 e. The van der Waals surface area contributed by atoms with Gasteiger partial charge in [-0.2, -0.15) is 0 Å². The predicted octanol–water partition coefficient (Wildman–Crippen LogP) is 4.53. The van der Waals surface area contributed by atoms with Gasteiger partial charge < -0.3 is 5.11 Å². The molecule has 26 heavy (non-hydrogen) atoms. The largest absolute Gasteiger partial charge is 0.503 e. The number of carbonyl (C=O) groups is 2. The number of benzene rings is 2. The standard InChI is InChI=1S/C21H15NO3S/c23-19(16-12-7-13-26-16)17-18(14-8-3-1-4-9-14)22(21(25)20(17)24)15-10-5-2-6-11-15/h1-13,18,24H/t18-/m0/s1. The second-order valence-corrected chi connectivity index (χ2v) is 6.84. The number of Topliss-reactive ketones (excluding diaryl/α,β-unsaturated/α-hetero) is 1. The Labute approximate surface area is 154 Å². The Hall–Kier alpha value is -3.18. The highest BCUT2D eigenvalue weighted by Crippen LogP contribution is 2.42. The van der Waals surface area contributed by atoms with E-state index in [2.05, 4.69) is 0 Å². The van der Waals surface area contributed by atoms with Crippen molar-refractivity contribution < 1.29 is 14.7 Å². The summed E-state index contributed by atoms with van der Waals surface area (Å²) in [4.78, 5) is 27.9. The third-order valence-electron chi connectivity index (χ3n) is 4.35. The highest BCUT2D eigenvalue weighted by Gasteiger charge is 2.44. The number of thiophene rings is 1. The van der Waals surface area contributed by atoms with E-state index in [1.807, 2.05) is 48.5 Å². The summed E-state index contributed by atoms with van der Waals surface area (Å²) in [5.74, 6) is -1.37. The number of hydrogen-bond donors (Lipinski definition) is 1. The molecule has 1 aliphatic rings. The molecule has 0 unspecified atom stereocenters. The average molecular weight is 361 g/mol. The molecule has 4 rings (SSSR count). The summed E-state index contributed by atoms with van der Waals surface area (Å²) in [6.07, 6.45) is 0. The molecule has 3 aromatic rings. The molecule has 0 fully saturated rings. The van der Waals surface area contributed by atoms with E-state index in [-0.39, 0.29) is 11.4 Å². The van der Waals surface area contributed by atoms with Gasteiger partial charge in [-0.25, -0.2) is 0 Å². The van der Waals surface area contributed by atoms with Crippen molar-refractivity contribution in [3.63, 3.8) is 0 Å². The van der Waals surface area contributed by atoms with E-state index < -0.39 is 17.7 Å². The van der Waals surface area contributed by atoms with Gasteiger partial charge in [-0.1, -0.05) is 54.6 Å². The van der Waals surface area contributed by atoms with Crippen LogP contribution >= 0.6 is 11.3 Å². The summed E-state index contributed by atoms with van der Waals surface area (Å²) in [6.45, 7) is 0. The number of anilines is 1. The van der Waals surface area contributed by atoms with Gasteiger partial charge in [0.2, 0.25) is 5.78 Å². The lowest BCUT2D eigenvalue weighted by Gasteiger charge is -2.26. The number of aliphatic hydroxyl groups excluding tert-OH is 1. The van der Waals surface area contributed by atoms with Crippen molar-refractivity contribution >= 4 is 28.7 Å². The molecule has 1 aliphatic heterocycles. The third-order valence-corrected chi connectivity index (χ3v) is 5.22. The highest BCUT2D eigenvalue weighted by molar-refractivity contribution is 7.12. The van der Waals surface area contributed by atoms with Crippen LogP contribution in [0.1, 0.15) is 21.3 Å². The number of para-hydroxylation sites is 1. The van der Waals surface area contributed by atoms with E-state index in [4.69, 9.17) is 0 Å². The minimum Gasteiger partial charge on any atom is -0.503 e. The van der Waals surface area contributed by atoms with Gasteiger partial charge in [0.1, 0.15) is 0 Å². The number of ketones is 1. The van der Waals surface area contributed by atoms with Crippen LogP contribution in [0.2, 0.25) is 0 Å². The minimum atomic E-state index is -0.666. The maximum atomic E-state index is 13.0. The lowest BCUT2D eigenvalue weighted by molar-refractivity contribution is -0.117. The summed E-state index contributed by atoms with van der Waals surface area (Å²) in [5.41, 5.74) is 1.52. The van der Waals surface area contributed by atoms with Gasteiger partial charge in [0.25, 0.3) is 5.91 Å². The number of hydrogen-bond acceptors (Lipinski definition) is 4. The second kappa shape index (κ2) is 6.61. The zero-order valence-corrected chi connectivity index (χ0v) is 14.5. The Morgan fingerprint density at radius 3 is 2.19 bits per heavy atom. The van der Waals surface area contributed by atoms with Crippen molar-refractivity contribution in [3.05, 3.63) is 99.9 Å². The molecule has 0 radical (unpaired) electrons. The van der Waals surface area contributed by atoms with E-state index in [0.29, 0.717) is 10.6 Å². The number of nitrogens with zero attached hydrogens (tertiary/aromatic N) is 1. The van der Waals surface area contributed by atoms with Crippen LogP contribution < -0.4 is 4.90 Å². The number of aliphatic hydroxyl groups is 1. The van der Waals surface area contributed by atoms with Gasteiger partial charge in [-0.05, 0) is 29.1 Å². The molecule has 0 aliphatic carbocycles. The quantitative estimate of drug-likeness (QED) is 0.695.